The summed E-state index contributed by atoms with van der Waals surface area (Å²) in [4.78, 5) is 7.26. The van der Waals surface area contributed by atoms with E-state index < -0.39 is 0 Å². The Morgan fingerprint density at radius 1 is 1.40 bits per heavy atom. The van der Waals surface area contributed by atoms with Crippen LogP contribution in [0.5, 0.6) is 0 Å². The summed E-state index contributed by atoms with van der Waals surface area (Å²) in [5, 5.41) is 3.64. The molecule has 1 fully saturated rings. The lowest BCUT2D eigenvalue weighted by Gasteiger charge is -2.40. The largest absolute Gasteiger partial charge is 0.311 e. The minimum Gasteiger partial charge on any atom is -0.311 e. The van der Waals surface area contributed by atoms with Gasteiger partial charge in [0.25, 0.3) is 0 Å². The van der Waals surface area contributed by atoms with Crippen LogP contribution in [0.15, 0.2) is 30.6 Å². The van der Waals surface area contributed by atoms with E-state index in [1.54, 1.807) is 0 Å². The summed E-state index contributed by atoms with van der Waals surface area (Å²) in [6, 6.07) is 7.29. The lowest BCUT2D eigenvalue weighted by Crippen LogP contribution is -2.56. The summed E-state index contributed by atoms with van der Waals surface area (Å²) in [7, 11) is 0. The lowest BCUT2D eigenvalue weighted by molar-refractivity contribution is 0.115. The standard InChI is InChI=1S/C16H24N4/c1-12(2)15-11-20(13(3)8-17-15)10-14-9-19-7-5-4-6-16(19)18-14/h4-7,9,12-13,15,17H,8,10-11H2,1-3H3. The molecule has 1 aliphatic heterocycles. The van der Waals surface area contributed by atoms with Gasteiger partial charge in [-0.05, 0) is 25.0 Å². The second-order valence-electron chi connectivity index (χ2n) is 6.24. The van der Waals surface area contributed by atoms with Gasteiger partial charge in [0.15, 0.2) is 0 Å². The maximum atomic E-state index is 4.71. The van der Waals surface area contributed by atoms with Crippen molar-refractivity contribution in [1.82, 2.24) is 19.6 Å². The molecule has 0 radical (unpaired) electrons. The molecule has 4 heteroatoms. The van der Waals surface area contributed by atoms with Crippen molar-refractivity contribution in [3.8, 4) is 0 Å². The third-order valence-corrected chi connectivity index (χ3v) is 4.31. The summed E-state index contributed by atoms with van der Waals surface area (Å²) in [6.45, 7) is 9.98. The molecule has 108 valence electrons. The molecule has 2 aromatic heterocycles. The van der Waals surface area contributed by atoms with E-state index in [0.717, 1.165) is 31.0 Å². The van der Waals surface area contributed by atoms with Crippen molar-refractivity contribution in [3.63, 3.8) is 0 Å². The van der Waals surface area contributed by atoms with Gasteiger partial charge in [-0.25, -0.2) is 4.98 Å². The van der Waals surface area contributed by atoms with Crippen LogP contribution in [0, 0.1) is 5.92 Å². The number of nitrogens with one attached hydrogen (secondary N) is 1. The van der Waals surface area contributed by atoms with E-state index in [0.29, 0.717) is 18.0 Å². The van der Waals surface area contributed by atoms with Crippen molar-refractivity contribution >= 4 is 5.65 Å². The van der Waals surface area contributed by atoms with Gasteiger partial charge in [-0.3, -0.25) is 4.90 Å². The molecule has 1 N–H and O–H groups in total. The lowest BCUT2D eigenvalue weighted by atomic mass is 10.00. The molecule has 4 nitrogen and oxygen atoms in total. The quantitative estimate of drug-likeness (QED) is 0.929. The molecule has 3 heterocycles. The van der Waals surface area contributed by atoms with Gasteiger partial charge in [0.05, 0.1) is 5.69 Å². The average molecular weight is 272 g/mol. The minimum atomic E-state index is 0.565. The van der Waals surface area contributed by atoms with Crippen LogP contribution < -0.4 is 5.32 Å². The number of aromatic nitrogens is 2. The highest BCUT2D eigenvalue weighted by molar-refractivity contribution is 5.39. The molecule has 2 aromatic rings. The Bertz CT molecular complexity index is 542. The molecular weight excluding hydrogens is 248 g/mol. The van der Waals surface area contributed by atoms with Crippen LogP contribution >= 0.6 is 0 Å². The molecule has 0 spiro atoms. The smallest absolute Gasteiger partial charge is 0.137 e. The van der Waals surface area contributed by atoms with E-state index in [1.807, 2.05) is 12.1 Å². The molecule has 3 rings (SSSR count). The molecule has 0 aromatic carbocycles. The average Bonchev–Trinajstić information content (AvgIpc) is 2.83. The fourth-order valence-corrected chi connectivity index (χ4v) is 2.89. The molecule has 0 amide bonds. The first-order chi connectivity index (χ1) is 9.63. The third kappa shape index (κ3) is 2.72. The van der Waals surface area contributed by atoms with E-state index in [2.05, 4.69) is 53.8 Å². The van der Waals surface area contributed by atoms with Crippen molar-refractivity contribution in [1.29, 1.82) is 0 Å². The first-order valence-corrected chi connectivity index (χ1v) is 7.53. The number of nitrogens with zero attached hydrogens (tertiary/aromatic N) is 3. The number of rotatable bonds is 3. The van der Waals surface area contributed by atoms with Gasteiger partial charge >= 0.3 is 0 Å². The minimum absolute atomic E-state index is 0.565. The Morgan fingerprint density at radius 3 is 3.00 bits per heavy atom. The zero-order valence-electron chi connectivity index (χ0n) is 12.6. The zero-order chi connectivity index (χ0) is 14.1. The summed E-state index contributed by atoms with van der Waals surface area (Å²) < 4.78 is 2.10. The predicted octanol–water partition coefficient (Wildman–Crippen LogP) is 2.15. The molecule has 1 aliphatic rings. The van der Waals surface area contributed by atoms with Gasteiger partial charge in [0.2, 0.25) is 0 Å². The second kappa shape index (κ2) is 5.54. The van der Waals surface area contributed by atoms with Gasteiger partial charge in [0.1, 0.15) is 5.65 Å². The van der Waals surface area contributed by atoms with E-state index in [1.165, 1.54) is 0 Å². The Morgan fingerprint density at radius 2 is 2.25 bits per heavy atom. The monoisotopic (exact) mass is 272 g/mol. The summed E-state index contributed by atoms with van der Waals surface area (Å²) in [6.07, 6.45) is 4.21. The maximum absolute atomic E-state index is 4.71. The molecule has 2 unspecified atom stereocenters. The number of imidazole rings is 1. The number of fused-ring (bicyclic) bond motifs is 1. The number of hydrogen-bond donors (Lipinski definition) is 1. The van der Waals surface area contributed by atoms with Crippen molar-refractivity contribution in [2.24, 2.45) is 5.92 Å². The third-order valence-electron chi connectivity index (χ3n) is 4.31. The zero-order valence-corrected chi connectivity index (χ0v) is 12.6. The van der Waals surface area contributed by atoms with Gasteiger partial charge in [-0.2, -0.15) is 0 Å². The van der Waals surface area contributed by atoms with E-state index in [9.17, 15) is 0 Å². The fraction of sp³-hybridized carbons (Fsp3) is 0.562. The molecule has 2 atom stereocenters. The van der Waals surface area contributed by atoms with Gasteiger partial charge in [0, 0.05) is 44.1 Å². The van der Waals surface area contributed by atoms with E-state index in [4.69, 9.17) is 4.98 Å². The van der Waals surface area contributed by atoms with Gasteiger partial charge in [-0.1, -0.05) is 19.9 Å². The highest BCUT2D eigenvalue weighted by Crippen LogP contribution is 2.16. The number of piperazine rings is 1. The SMILES string of the molecule is CC(C)C1CN(Cc2cn3ccccc3n2)C(C)CN1. The highest BCUT2D eigenvalue weighted by atomic mass is 15.2. The Balaban J connectivity index is 1.75. The number of hydrogen-bond acceptors (Lipinski definition) is 3. The maximum Gasteiger partial charge on any atom is 0.137 e. The molecule has 0 aliphatic carbocycles. The molecule has 1 saturated heterocycles. The van der Waals surface area contributed by atoms with Crippen LogP contribution in [-0.2, 0) is 6.54 Å². The van der Waals surface area contributed by atoms with E-state index in [-0.39, 0.29) is 0 Å². The van der Waals surface area contributed by atoms with Crippen LogP contribution in [0.4, 0.5) is 0 Å². The number of pyridine rings is 1. The highest BCUT2D eigenvalue weighted by Gasteiger charge is 2.27. The normalized spacial score (nSPS) is 24.6. The summed E-state index contributed by atoms with van der Waals surface area (Å²) >= 11 is 0. The molecular formula is C16H24N4. The predicted molar refractivity (Wildman–Crippen MR) is 81.7 cm³/mol. The molecule has 0 bridgehead atoms. The Labute approximate surface area is 120 Å². The van der Waals surface area contributed by atoms with Gasteiger partial charge in [-0.15, -0.1) is 0 Å². The Hall–Kier alpha value is -1.39. The first kappa shape index (κ1) is 13.6. The van der Waals surface area contributed by atoms with Crippen LogP contribution in [0.3, 0.4) is 0 Å². The topological polar surface area (TPSA) is 32.6 Å². The van der Waals surface area contributed by atoms with Crippen LogP contribution in [0.1, 0.15) is 26.5 Å². The molecule has 0 saturated carbocycles. The van der Waals surface area contributed by atoms with Crippen molar-refractivity contribution in [3.05, 3.63) is 36.3 Å². The second-order valence-corrected chi connectivity index (χ2v) is 6.24. The van der Waals surface area contributed by atoms with Crippen molar-refractivity contribution in [2.75, 3.05) is 13.1 Å². The van der Waals surface area contributed by atoms with Crippen molar-refractivity contribution < 1.29 is 0 Å². The van der Waals surface area contributed by atoms with Gasteiger partial charge < -0.3 is 9.72 Å². The van der Waals surface area contributed by atoms with Crippen LogP contribution in [0.2, 0.25) is 0 Å². The summed E-state index contributed by atoms with van der Waals surface area (Å²) in [5.41, 5.74) is 2.19. The van der Waals surface area contributed by atoms with Crippen LogP contribution in [0.25, 0.3) is 5.65 Å². The first-order valence-electron chi connectivity index (χ1n) is 7.53. The summed E-state index contributed by atoms with van der Waals surface area (Å²) in [5.74, 6) is 0.672. The van der Waals surface area contributed by atoms with Crippen LogP contribution in [-0.4, -0.2) is 39.5 Å². The fourth-order valence-electron chi connectivity index (χ4n) is 2.89. The Kier molecular flexibility index (Phi) is 3.76. The van der Waals surface area contributed by atoms with E-state index >= 15 is 0 Å². The molecule has 20 heavy (non-hydrogen) atoms. The van der Waals surface area contributed by atoms with Crippen molar-refractivity contribution in [2.45, 2.75) is 39.4 Å².